The van der Waals surface area contributed by atoms with Crippen molar-refractivity contribution in [1.29, 1.82) is 0 Å². The molecule has 0 spiro atoms. The molecule has 0 aliphatic heterocycles. The van der Waals surface area contributed by atoms with Gasteiger partial charge in [0.05, 0.1) is 28.1 Å². The number of rotatable bonds is 5. The molecule has 0 radical (unpaired) electrons. The molecule has 0 aliphatic rings. The van der Waals surface area contributed by atoms with Crippen LogP contribution in [0.4, 0.5) is 0 Å². The maximum atomic E-state index is 5.34. The first-order chi connectivity index (χ1) is 30.7. The van der Waals surface area contributed by atoms with Gasteiger partial charge in [0, 0.05) is 47.6 Å². The Morgan fingerprint density at radius 1 is 0.339 bits per heavy atom. The van der Waals surface area contributed by atoms with Crippen molar-refractivity contribution in [2.75, 3.05) is 0 Å². The van der Waals surface area contributed by atoms with Crippen molar-refractivity contribution in [1.82, 2.24) is 14.5 Å². The zero-order valence-corrected chi connectivity index (χ0v) is 34.3. The number of hydrogen-bond donors (Lipinski definition) is 0. The monoisotopic (exact) mass is 805 g/mol. The highest BCUT2D eigenvalue weighted by Crippen LogP contribution is 2.45. The maximum absolute atomic E-state index is 5.34. The van der Waals surface area contributed by atoms with Gasteiger partial charge in [-0.3, -0.25) is 0 Å². The molecule has 10 aromatic carbocycles. The van der Waals surface area contributed by atoms with Gasteiger partial charge in [-0.2, -0.15) is 0 Å². The Balaban J connectivity index is 1.02. The molecule has 3 heterocycles. The standard InChI is InChI=1S/C58H35N3S/c1-2-13-36(14-3-1)40-19-10-20-42(33-40)58-59-48(35-49(60-58)46-24-11-18-37-15-4-7-21-43(37)46)41-27-30-47-54(34-41)62-53-26-12-25-50(55(47)53)61-51-31-28-38-16-5-8-22-44(38)56(51)57-45-23-9-6-17-39(45)29-32-52(57)61/h1-35H. The SMILES string of the molecule is c1ccc(-c2cccc(-c3nc(-c4ccc5c(c4)sc4cccc(-n6c7ccc8ccccc8c7c7c8ccccc8ccc76)c45)cc(-c4cccc5ccccc45)n3)c2)cc1. The number of hydrogen-bond acceptors (Lipinski definition) is 3. The van der Waals surface area contributed by atoms with Crippen LogP contribution in [0.3, 0.4) is 0 Å². The highest BCUT2D eigenvalue weighted by atomic mass is 32.1. The molecule has 62 heavy (non-hydrogen) atoms. The van der Waals surface area contributed by atoms with Crippen LogP contribution in [-0.2, 0) is 0 Å². The third-order valence-electron chi connectivity index (χ3n) is 12.6. The van der Waals surface area contributed by atoms with Crippen molar-refractivity contribution >= 4 is 85.6 Å². The van der Waals surface area contributed by atoms with Gasteiger partial charge in [0.25, 0.3) is 0 Å². The number of aromatic nitrogens is 3. The number of thiophene rings is 1. The molecule has 0 amide bonds. The van der Waals surface area contributed by atoms with Crippen molar-refractivity contribution in [2.24, 2.45) is 0 Å². The maximum Gasteiger partial charge on any atom is 0.160 e. The van der Waals surface area contributed by atoms with E-state index in [9.17, 15) is 0 Å². The molecule has 0 saturated carbocycles. The van der Waals surface area contributed by atoms with E-state index in [0.29, 0.717) is 5.82 Å². The minimum atomic E-state index is 0.702. The number of benzene rings is 10. The van der Waals surface area contributed by atoms with Crippen molar-refractivity contribution in [2.45, 2.75) is 0 Å². The van der Waals surface area contributed by atoms with E-state index in [1.165, 1.54) is 80.0 Å². The third-order valence-corrected chi connectivity index (χ3v) is 13.7. The minimum absolute atomic E-state index is 0.702. The Morgan fingerprint density at radius 3 is 1.69 bits per heavy atom. The first kappa shape index (κ1) is 34.9. The first-order valence-electron chi connectivity index (χ1n) is 21.1. The molecule has 4 heteroatoms. The van der Waals surface area contributed by atoms with Crippen LogP contribution in [0.15, 0.2) is 212 Å². The predicted molar refractivity (Wildman–Crippen MR) is 264 cm³/mol. The second-order valence-corrected chi connectivity index (χ2v) is 17.2. The largest absolute Gasteiger partial charge is 0.309 e. The van der Waals surface area contributed by atoms with Crippen LogP contribution in [-0.4, -0.2) is 14.5 Å². The van der Waals surface area contributed by atoms with Gasteiger partial charge in [-0.1, -0.05) is 170 Å². The van der Waals surface area contributed by atoms with E-state index >= 15 is 0 Å². The summed E-state index contributed by atoms with van der Waals surface area (Å²) in [6.07, 6.45) is 0. The normalized spacial score (nSPS) is 11.9. The molecule has 0 unspecified atom stereocenters. The molecular weight excluding hydrogens is 771 g/mol. The molecular formula is C58H35N3S. The van der Waals surface area contributed by atoms with E-state index in [4.69, 9.17) is 9.97 Å². The Kier molecular flexibility index (Phi) is 7.78. The molecule has 13 aromatic rings. The van der Waals surface area contributed by atoms with Crippen LogP contribution in [0.25, 0.3) is 125 Å². The van der Waals surface area contributed by atoms with Crippen LogP contribution >= 0.6 is 11.3 Å². The summed E-state index contributed by atoms with van der Waals surface area (Å²) >= 11 is 1.84. The zero-order chi connectivity index (χ0) is 40.7. The number of fused-ring (bicyclic) bond motifs is 11. The van der Waals surface area contributed by atoms with Gasteiger partial charge in [-0.05, 0) is 85.9 Å². The average Bonchev–Trinajstić information content (AvgIpc) is 3.90. The van der Waals surface area contributed by atoms with Crippen LogP contribution < -0.4 is 0 Å². The quantitative estimate of drug-likeness (QED) is 0.173. The van der Waals surface area contributed by atoms with Gasteiger partial charge >= 0.3 is 0 Å². The van der Waals surface area contributed by atoms with E-state index in [1.54, 1.807) is 0 Å². The molecule has 0 N–H and O–H groups in total. The fourth-order valence-electron chi connectivity index (χ4n) is 9.74. The van der Waals surface area contributed by atoms with Crippen molar-refractivity contribution in [3.8, 4) is 50.7 Å². The summed E-state index contributed by atoms with van der Waals surface area (Å²) < 4.78 is 4.98. The van der Waals surface area contributed by atoms with Gasteiger partial charge in [0.2, 0.25) is 0 Å². The van der Waals surface area contributed by atoms with Crippen LogP contribution in [0.2, 0.25) is 0 Å². The summed E-state index contributed by atoms with van der Waals surface area (Å²) in [5.41, 5.74) is 10.8. The average molecular weight is 806 g/mol. The zero-order valence-electron chi connectivity index (χ0n) is 33.5. The van der Waals surface area contributed by atoms with E-state index in [0.717, 1.165) is 39.2 Å². The lowest BCUT2D eigenvalue weighted by molar-refractivity contribution is 1.19. The fraction of sp³-hybridized carbons (Fsp3) is 0. The summed E-state index contributed by atoms with van der Waals surface area (Å²) in [7, 11) is 0. The minimum Gasteiger partial charge on any atom is -0.309 e. The number of nitrogens with zero attached hydrogens (tertiary/aromatic N) is 3. The topological polar surface area (TPSA) is 30.7 Å². The molecule has 0 aliphatic carbocycles. The van der Waals surface area contributed by atoms with Crippen LogP contribution in [0.5, 0.6) is 0 Å². The smallest absolute Gasteiger partial charge is 0.160 e. The van der Waals surface area contributed by atoms with Crippen LogP contribution in [0.1, 0.15) is 0 Å². The highest BCUT2D eigenvalue weighted by Gasteiger charge is 2.21. The fourth-order valence-corrected chi connectivity index (χ4v) is 10.9. The van der Waals surface area contributed by atoms with Gasteiger partial charge < -0.3 is 4.57 Å². The molecule has 3 aromatic heterocycles. The summed E-state index contributed by atoms with van der Waals surface area (Å²) in [5.74, 6) is 0.702. The molecule has 0 saturated heterocycles. The Labute approximate surface area is 361 Å². The Morgan fingerprint density at radius 2 is 0.935 bits per heavy atom. The summed E-state index contributed by atoms with van der Waals surface area (Å²) in [4.78, 5) is 10.6. The Hall–Kier alpha value is -7.92. The van der Waals surface area contributed by atoms with Gasteiger partial charge in [0.1, 0.15) is 0 Å². The van der Waals surface area contributed by atoms with Crippen molar-refractivity contribution < 1.29 is 0 Å². The van der Waals surface area contributed by atoms with Gasteiger partial charge in [-0.25, -0.2) is 9.97 Å². The molecule has 0 atom stereocenters. The van der Waals surface area contributed by atoms with E-state index in [2.05, 4.69) is 217 Å². The van der Waals surface area contributed by atoms with E-state index in [1.807, 2.05) is 11.3 Å². The summed E-state index contributed by atoms with van der Waals surface area (Å²) in [5, 5.41) is 12.5. The van der Waals surface area contributed by atoms with E-state index in [-0.39, 0.29) is 0 Å². The molecule has 0 bridgehead atoms. The second kappa shape index (κ2) is 13.8. The second-order valence-electron chi connectivity index (χ2n) is 16.1. The first-order valence-corrected chi connectivity index (χ1v) is 21.9. The lowest BCUT2D eigenvalue weighted by atomic mass is 9.99. The predicted octanol–water partition coefficient (Wildman–Crippen LogP) is 16.1. The van der Waals surface area contributed by atoms with Crippen molar-refractivity contribution in [3.63, 3.8) is 0 Å². The summed E-state index contributed by atoms with van der Waals surface area (Å²) in [6.45, 7) is 0. The third kappa shape index (κ3) is 5.44. The van der Waals surface area contributed by atoms with E-state index < -0.39 is 0 Å². The van der Waals surface area contributed by atoms with Crippen molar-refractivity contribution in [3.05, 3.63) is 212 Å². The molecule has 3 nitrogen and oxygen atoms in total. The molecule has 0 fully saturated rings. The lowest BCUT2D eigenvalue weighted by Gasteiger charge is -2.12. The molecule has 13 rings (SSSR count). The van der Waals surface area contributed by atoms with Gasteiger partial charge in [-0.15, -0.1) is 11.3 Å². The Bertz CT molecular complexity index is 3840. The highest BCUT2D eigenvalue weighted by molar-refractivity contribution is 7.26. The summed E-state index contributed by atoms with van der Waals surface area (Å²) in [6, 6.07) is 76.7. The molecule has 288 valence electrons. The van der Waals surface area contributed by atoms with Gasteiger partial charge in [0.15, 0.2) is 5.82 Å². The van der Waals surface area contributed by atoms with Crippen LogP contribution in [0, 0.1) is 0 Å². The lowest BCUT2D eigenvalue weighted by Crippen LogP contribution is -1.97.